The molecule has 3 rings (SSSR count). The van der Waals surface area contributed by atoms with Crippen molar-refractivity contribution >= 4 is 10.0 Å². The fraction of sp³-hybridized carbons (Fsp3) is 0.0556. The van der Waals surface area contributed by atoms with Gasteiger partial charge in [-0.05, 0) is 36.8 Å². The minimum absolute atomic E-state index is 0.0960. The Labute approximate surface area is 139 Å². The third-order valence-electron chi connectivity index (χ3n) is 3.66. The van der Waals surface area contributed by atoms with Gasteiger partial charge in [-0.2, -0.15) is 0 Å². The Bertz CT molecular complexity index is 1020. The average Bonchev–Trinajstić information content (AvgIpc) is 2.54. The van der Waals surface area contributed by atoms with E-state index >= 15 is 0 Å². The zero-order valence-corrected chi connectivity index (χ0v) is 13.7. The largest absolute Gasteiger partial charge is 0.255 e. The lowest BCUT2D eigenvalue weighted by molar-refractivity contribution is 0.596. The number of aromatic nitrogens is 1. The predicted octanol–water partition coefficient (Wildman–Crippen LogP) is 3.51. The standard InChI is InChI=1S/C18H15FN2O2S/c1-12-4-2-5-13(10-12)15-6-3-9-21-18(15)16-11-14(24(20,22)23)7-8-17(16)19/h2-11H,1H3,(H2,20,22,23). The summed E-state index contributed by atoms with van der Waals surface area (Å²) in [5.41, 5.74) is 3.11. The number of nitrogens with zero attached hydrogens (tertiary/aromatic N) is 1. The van der Waals surface area contributed by atoms with E-state index in [4.69, 9.17) is 5.14 Å². The summed E-state index contributed by atoms with van der Waals surface area (Å²) >= 11 is 0. The lowest BCUT2D eigenvalue weighted by Gasteiger charge is -2.11. The second kappa shape index (κ2) is 6.14. The molecule has 122 valence electrons. The summed E-state index contributed by atoms with van der Waals surface area (Å²) < 4.78 is 37.5. The highest BCUT2D eigenvalue weighted by Gasteiger charge is 2.17. The first-order chi connectivity index (χ1) is 11.4. The van der Waals surface area contributed by atoms with Crippen LogP contribution in [0.5, 0.6) is 0 Å². The summed E-state index contributed by atoms with van der Waals surface area (Å²) in [4.78, 5) is 4.11. The highest BCUT2D eigenvalue weighted by molar-refractivity contribution is 7.89. The van der Waals surface area contributed by atoms with Crippen LogP contribution >= 0.6 is 0 Å². The summed E-state index contributed by atoms with van der Waals surface area (Å²) in [5, 5.41) is 5.15. The van der Waals surface area contributed by atoms with Crippen molar-refractivity contribution in [2.45, 2.75) is 11.8 Å². The van der Waals surface area contributed by atoms with E-state index < -0.39 is 15.8 Å². The number of halogens is 1. The molecule has 0 bridgehead atoms. The van der Waals surface area contributed by atoms with E-state index in [-0.39, 0.29) is 10.5 Å². The maximum atomic E-state index is 14.3. The second-order valence-corrected chi connectivity index (χ2v) is 7.02. The van der Waals surface area contributed by atoms with Gasteiger partial charge in [0.05, 0.1) is 10.6 Å². The van der Waals surface area contributed by atoms with Gasteiger partial charge in [-0.3, -0.25) is 4.98 Å². The topological polar surface area (TPSA) is 73.0 Å². The monoisotopic (exact) mass is 342 g/mol. The van der Waals surface area contributed by atoms with E-state index in [0.29, 0.717) is 11.3 Å². The molecule has 0 spiro atoms. The van der Waals surface area contributed by atoms with Crippen LogP contribution in [0.1, 0.15) is 5.56 Å². The van der Waals surface area contributed by atoms with E-state index in [0.717, 1.165) is 23.3 Å². The molecule has 0 saturated heterocycles. The summed E-state index contributed by atoms with van der Waals surface area (Å²) in [5.74, 6) is -0.560. The number of aryl methyl sites for hydroxylation is 1. The molecule has 3 aromatic rings. The average molecular weight is 342 g/mol. The van der Waals surface area contributed by atoms with Gasteiger partial charge in [0.25, 0.3) is 0 Å². The predicted molar refractivity (Wildman–Crippen MR) is 91.2 cm³/mol. The van der Waals surface area contributed by atoms with Crippen LogP contribution in [0.15, 0.2) is 65.7 Å². The van der Waals surface area contributed by atoms with Gasteiger partial charge in [-0.1, -0.05) is 35.9 Å². The van der Waals surface area contributed by atoms with Crippen molar-refractivity contribution in [1.82, 2.24) is 4.98 Å². The molecule has 6 heteroatoms. The molecule has 0 aliphatic carbocycles. The third-order valence-corrected chi connectivity index (χ3v) is 4.57. The summed E-state index contributed by atoms with van der Waals surface area (Å²) in [7, 11) is -3.93. The number of sulfonamides is 1. The number of hydrogen-bond acceptors (Lipinski definition) is 3. The van der Waals surface area contributed by atoms with Crippen molar-refractivity contribution in [2.75, 3.05) is 0 Å². The number of primary sulfonamides is 1. The Morgan fingerprint density at radius 3 is 2.50 bits per heavy atom. The molecular weight excluding hydrogens is 327 g/mol. The van der Waals surface area contributed by atoms with Gasteiger partial charge >= 0.3 is 0 Å². The first-order valence-corrected chi connectivity index (χ1v) is 8.76. The molecule has 1 heterocycles. The van der Waals surface area contributed by atoms with Crippen LogP contribution in [0.4, 0.5) is 4.39 Å². The molecule has 1 aromatic heterocycles. The van der Waals surface area contributed by atoms with Crippen molar-refractivity contribution in [3.05, 3.63) is 72.2 Å². The zero-order chi connectivity index (χ0) is 17.3. The van der Waals surface area contributed by atoms with E-state index in [1.54, 1.807) is 6.07 Å². The van der Waals surface area contributed by atoms with Crippen molar-refractivity contribution in [2.24, 2.45) is 5.14 Å². The van der Waals surface area contributed by atoms with Gasteiger partial charge in [0.2, 0.25) is 10.0 Å². The van der Waals surface area contributed by atoms with Crippen LogP contribution in [0.3, 0.4) is 0 Å². The van der Waals surface area contributed by atoms with Gasteiger partial charge in [0.1, 0.15) is 5.82 Å². The van der Waals surface area contributed by atoms with Crippen LogP contribution < -0.4 is 5.14 Å². The number of pyridine rings is 1. The van der Waals surface area contributed by atoms with Crippen molar-refractivity contribution in [1.29, 1.82) is 0 Å². The third kappa shape index (κ3) is 3.20. The van der Waals surface area contributed by atoms with Crippen LogP contribution in [-0.4, -0.2) is 13.4 Å². The lowest BCUT2D eigenvalue weighted by atomic mass is 9.98. The van der Waals surface area contributed by atoms with E-state index in [1.165, 1.54) is 12.3 Å². The Morgan fingerprint density at radius 2 is 1.79 bits per heavy atom. The molecule has 2 aromatic carbocycles. The first kappa shape index (κ1) is 16.3. The lowest BCUT2D eigenvalue weighted by Crippen LogP contribution is -2.12. The molecule has 0 aliphatic rings. The minimum Gasteiger partial charge on any atom is -0.255 e. The number of rotatable bonds is 3. The maximum absolute atomic E-state index is 14.3. The van der Waals surface area contributed by atoms with Crippen LogP contribution in [-0.2, 0) is 10.0 Å². The molecule has 0 aliphatic heterocycles. The highest BCUT2D eigenvalue weighted by Crippen LogP contribution is 2.33. The van der Waals surface area contributed by atoms with E-state index in [9.17, 15) is 12.8 Å². The van der Waals surface area contributed by atoms with Crippen molar-refractivity contribution in [3.8, 4) is 22.4 Å². The van der Waals surface area contributed by atoms with Crippen LogP contribution in [0, 0.1) is 12.7 Å². The molecule has 2 N–H and O–H groups in total. The van der Waals surface area contributed by atoms with Gasteiger partial charge in [-0.25, -0.2) is 17.9 Å². The maximum Gasteiger partial charge on any atom is 0.238 e. The number of benzene rings is 2. The molecule has 24 heavy (non-hydrogen) atoms. The molecule has 0 amide bonds. The molecule has 0 unspecified atom stereocenters. The Balaban J connectivity index is 2.25. The molecule has 0 radical (unpaired) electrons. The zero-order valence-electron chi connectivity index (χ0n) is 12.9. The molecular formula is C18H15FN2O2S. The summed E-state index contributed by atoms with van der Waals surface area (Å²) in [6, 6.07) is 14.7. The number of hydrogen-bond donors (Lipinski definition) is 1. The highest BCUT2D eigenvalue weighted by atomic mass is 32.2. The van der Waals surface area contributed by atoms with Crippen LogP contribution in [0.2, 0.25) is 0 Å². The molecule has 4 nitrogen and oxygen atoms in total. The van der Waals surface area contributed by atoms with Crippen molar-refractivity contribution < 1.29 is 12.8 Å². The Morgan fingerprint density at radius 1 is 1.00 bits per heavy atom. The SMILES string of the molecule is Cc1cccc(-c2cccnc2-c2cc(S(N)(=O)=O)ccc2F)c1. The van der Waals surface area contributed by atoms with E-state index in [1.807, 2.05) is 37.3 Å². The minimum atomic E-state index is -3.93. The normalized spacial score (nSPS) is 11.5. The van der Waals surface area contributed by atoms with Crippen molar-refractivity contribution in [3.63, 3.8) is 0 Å². The quantitative estimate of drug-likeness (QED) is 0.791. The van der Waals surface area contributed by atoms with Gasteiger partial charge in [-0.15, -0.1) is 0 Å². The smallest absolute Gasteiger partial charge is 0.238 e. The van der Waals surface area contributed by atoms with E-state index in [2.05, 4.69) is 4.98 Å². The first-order valence-electron chi connectivity index (χ1n) is 7.21. The fourth-order valence-electron chi connectivity index (χ4n) is 2.53. The number of nitrogens with two attached hydrogens (primary N) is 1. The fourth-order valence-corrected chi connectivity index (χ4v) is 3.07. The molecule has 0 fully saturated rings. The van der Waals surface area contributed by atoms with Gasteiger partial charge in [0.15, 0.2) is 0 Å². The Kier molecular flexibility index (Phi) is 4.17. The molecule has 0 saturated carbocycles. The summed E-state index contributed by atoms with van der Waals surface area (Å²) in [6.07, 6.45) is 1.54. The van der Waals surface area contributed by atoms with Gasteiger partial charge < -0.3 is 0 Å². The van der Waals surface area contributed by atoms with Crippen LogP contribution in [0.25, 0.3) is 22.4 Å². The second-order valence-electron chi connectivity index (χ2n) is 5.46. The Hall–Kier alpha value is -2.57. The molecule has 0 atom stereocenters. The van der Waals surface area contributed by atoms with Gasteiger partial charge in [0, 0.05) is 17.3 Å². The summed E-state index contributed by atoms with van der Waals surface area (Å²) in [6.45, 7) is 1.96.